The third-order valence-electron chi connectivity index (χ3n) is 11.4. The second-order valence-electron chi connectivity index (χ2n) is 16.2. The van der Waals surface area contributed by atoms with Crippen LogP contribution in [0.2, 0.25) is 0 Å². The van der Waals surface area contributed by atoms with Gasteiger partial charge < -0.3 is 52.8 Å². The van der Waals surface area contributed by atoms with E-state index in [-0.39, 0.29) is 46.2 Å². The molecule has 11 nitrogen and oxygen atoms in total. The van der Waals surface area contributed by atoms with Crippen molar-refractivity contribution in [1.29, 1.82) is 0 Å². The summed E-state index contributed by atoms with van der Waals surface area (Å²) in [5, 5.41) is 24.3. The van der Waals surface area contributed by atoms with Gasteiger partial charge in [-0.05, 0) is 33.4 Å². The van der Waals surface area contributed by atoms with E-state index >= 15 is 0 Å². The van der Waals surface area contributed by atoms with Crippen LogP contribution in [0.3, 0.4) is 0 Å². The van der Waals surface area contributed by atoms with Gasteiger partial charge in [-0.2, -0.15) is 0 Å². The molecule has 2 aliphatic heterocycles. The molecule has 0 radical (unpaired) electrons. The molecule has 10 atom stereocenters. The van der Waals surface area contributed by atoms with E-state index in [2.05, 4.69) is 0 Å². The van der Waals surface area contributed by atoms with Crippen molar-refractivity contribution in [3.05, 3.63) is 215 Å². The molecule has 0 aliphatic carbocycles. The molecular weight excluding hydrogens is 825 g/mol. The highest BCUT2D eigenvalue weighted by atomic mass is 16.7. The Kier molecular flexibility index (Phi) is 17.4. The predicted molar refractivity (Wildman–Crippen MR) is 243 cm³/mol. The molecule has 2 aliphatic rings. The standard InChI is InChI=1S/C54H58O11/c55-47-48(59-33-41-23-11-3-12-24-41)45(37-57-31-39-19-7-1-8-20-39)64-54(50(47)60-34-42-25-13-4-14-26-42)65-49-46(38-58-32-40-21-9-2-10-22-40)63-53(56)52(62-36-44-29-17-6-18-30-44)51(49)61-35-43-27-15-5-16-28-43/h1-30,45-56H,31-38H2/t45-,46-,47+,48+,49-,50-,51+,52-,53+,54+/m1/s1. The van der Waals surface area contributed by atoms with Gasteiger partial charge in [-0.15, -0.1) is 0 Å². The highest BCUT2D eigenvalue weighted by Crippen LogP contribution is 2.35. The molecule has 0 amide bonds. The van der Waals surface area contributed by atoms with E-state index < -0.39 is 61.4 Å². The van der Waals surface area contributed by atoms with Crippen molar-refractivity contribution in [3.63, 3.8) is 0 Å². The Morgan fingerprint density at radius 2 is 0.662 bits per heavy atom. The third kappa shape index (κ3) is 13.5. The average Bonchev–Trinajstić information content (AvgIpc) is 3.35. The fourth-order valence-electron chi connectivity index (χ4n) is 8.04. The lowest BCUT2D eigenvalue weighted by Crippen LogP contribution is -2.66. The third-order valence-corrected chi connectivity index (χ3v) is 11.4. The van der Waals surface area contributed by atoms with Crippen LogP contribution in [0.15, 0.2) is 182 Å². The maximum absolute atomic E-state index is 12.5. The van der Waals surface area contributed by atoms with Gasteiger partial charge in [0.2, 0.25) is 0 Å². The van der Waals surface area contributed by atoms with Gasteiger partial charge in [0.1, 0.15) is 48.8 Å². The minimum atomic E-state index is -1.41. The Balaban J connectivity index is 1.12. The molecule has 6 aromatic rings. The lowest BCUT2D eigenvalue weighted by Gasteiger charge is -2.49. The fourth-order valence-corrected chi connectivity index (χ4v) is 8.04. The summed E-state index contributed by atoms with van der Waals surface area (Å²) in [6.07, 6.45) is -10.4. The zero-order chi connectivity index (χ0) is 44.5. The van der Waals surface area contributed by atoms with Crippen LogP contribution in [-0.4, -0.2) is 84.8 Å². The molecule has 2 saturated heterocycles. The van der Waals surface area contributed by atoms with Gasteiger partial charge in [-0.1, -0.05) is 182 Å². The predicted octanol–water partition coefficient (Wildman–Crippen LogP) is 7.95. The van der Waals surface area contributed by atoms with Crippen LogP contribution >= 0.6 is 0 Å². The topological polar surface area (TPSA) is 124 Å². The largest absolute Gasteiger partial charge is 0.387 e. The van der Waals surface area contributed by atoms with Gasteiger partial charge in [0.25, 0.3) is 0 Å². The molecule has 6 aromatic carbocycles. The maximum atomic E-state index is 12.5. The minimum Gasteiger partial charge on any atom is -0.387 e. The zero-order valence-electron chi connectivity index (χ0n) is 36.3. The van der Waals surface area contributed by atoms with Crippen molar-refractivity contribution >= 4 is 0 Å². The molecule has 0 aromatic heterocycles. The van der Waals surface area contributed by atoms with Gasteiger partial charge in [0.15, 0.2) is 12.6 Å². The number of aliphatic hydroxyl groups is 2. The molecule has 2 N–H and O–H groups in total. The van der Waals surface area contributed by atoms with Crippen LogP contribution in [0.5, 0.6) is 0 Å². The van der Waals surface area contributed by atoms with E-state index in [0.29, 0.717) is 6.61 Å². The van der Waals surface area contributed by atoms with Crippen molar-refractivity contribution < 1.29 is 52.8 Å². The summed E-state index contributed by atoms with van der Waals surface area (Å²) in [5.41, 5.74) is 5.59. The number of benzene rings is 6. The lowest BCUT2D eigenvalue weighted by atomic mass is 9.96. The summed E-state index contributed by atoms with van der Waals surface area (Å²) in [6, 6.07) is 58.6. The summed E-state index contributed by atoms with van der Waals surface area (Å²) in [5.74, 6) is 0. The van der Waals surface area contributed by atoms with E-state index in [1.807, 2.05) is 182 Å². The molecule has 0 saturated carbocycles. The number of aliphatic hydroxyl groups excluding tert-OH is 2. The van der Waals surface area contributed by atoms with Gasteiger partial charge in [-0.25, -0.2) is 0 Å². The van der Waals surface area contributed by atoms with Crippen molar-refractivity contribution in [2.75, 3.05) is 13.2 Å². The first-order valence-electron chi connectivity index (χ1n) is 22.3. The molecule has 0 spiro atoms. The van der Waals surface area contributed by atoms with E-state index in [9.17, 15) is 10.2 Å². The normalized spacial score (nSPS) is 25.6. The lowest BCUT2D eigenvalue weighted by molar-refractivity contribution is -0.371. The van der Waals surface area contributed by atoms with Crippen LogP contribution in [0.25, 0.3) is 0 Å². The van der Waals surface area contributed by atoms with Crippen LogP contribution in [0, 0.1) is 0 Å². The average molecular weight is 883 g/mol. The van der Waals surface area contributed by atoms with Crippen molar-refractivity contribution in [1.82, 2.24) is 0 Å². The zero-order valence-corrected chi connectivity index (χ0v) is 36.3. The molecule has 8 rings (SSSR count). The number of ether oxygens (including phenoxy) is 9. The number of rotatable bonds is 22. The molecule has 2 heterocycles. The monoisotopic (exact) mass is 882 g/mol. The Labute approximate surface area is 381 Å². The van der Waals surface area contributed by atoms with Gasteiger partial charge in [0, 0.05) is 0 Å². The maximum Gasteiger partial charge on any atom is 0.187 e. The van der Waals surface area contributed by atoms with Crippen LogP contribution in [0.1, 0.15) is 33.4 Å². The molecule has 0 unspecified atom stereocenters. The molecular formula is C54H58O11. The number of hydrogen-bond acceptors (Lipinski definition) is 11. The highest BCUT2D eigenvalue weighted by Gasteiger charge is 2.53. The fraction of sp³-hybridized carbons (Fsp3) is 0.333. The summed E-state index contributed by atoms with van der Waals surface area (Å²) in [4.78, 5) is 0. The van der Waals surface area contributed by atoms with Crippen molar-refractivity contribution in [3.8, 4) is 0 Å². The van der Waals surface area contributed by atoms with Crippen LogP contribution in [0.4, 0.5) is 0 Å². The molecule has 65 heavy (non-hydrogen) atoms. The molecule has 340 valence electrons. The van der Waals surface area contributed by atoms with E-state index in [1.165, 1.54) is 0 Å². The summed E-state index contributed by atoms with van der Waals surface area (Å²) < 4.78 is 59.4. The van der Waals surface area contributed by atoms with Crippen molar-refractivity contribution in [2.24, 2.45) is 0 Å². The minimum absolute atomic E-state index is 0.0183. The Morgan fingerprint density at radius 3 is 1.06 bits per heavy atom. The summed E-state index contributed by atoms with van der Waals surface area (Å²) in [6.45, 7) is 1.38. The quantitative estimate of drug-likeness (QED) is 0.0691. The van der Waals surface area contributed by atoms with Gasteiger partial charge in [-0.3, -0.25) is 0 Å². The number of hydrogen-bond donors (Lipinski definition) is 2. The van der Waals surface area contributed by atoms with Gasteiger partial charge >= 0.3 is 0 Å². The molecule has 11 heteroatoms. The SMILES string of the molecule is O[C@H]1[C@@H](OCc2ccccc2)[C@@H](COCc2ccccc2)O[C@@H](O[C@H]2[C@H](OCc3ccccc3)[C@@H](OCc3ccccc3)[C@@H](O)O[C@@H]2COCc2ccccc2)[C@@H]1OCc1ccccc1. The van der Waals surface area contributed by atoms with Gasteiger partial charge in [0.05, 0.1) is 52.9 Å². The first kappa shape index (κ1) is 46.4. The summed E-state index contributed by atoms with van der Waals surface area (Å²) >= 11 is 0. The molecule has 2 fully saturated rings. The smallest absolute Gasteiger partial charge is 0.187 e. The first-order chi connectivity index (χ1) is 32.1. The van der Waals surface area contributed by atoms with Crippen molar-refractivity contribution in [2.45, 2.75) is 101 Å². The van der Waals surface area contributed by atoms with Crippen LogP contribution < -0.4 is 0 Å². The molecule has 0 bridgehead atoms. The first-order valence-corrected chi connectivity index (χ1v) is 22.3. The van der Waals surface area contributed by atoms with E-state index in [4.69, 9.17) is 42.6 Å². The van der Waals surface area contributed by atoms with E-state index in [0.717, 1.165) is 33.4 Å². The Morgan fingerprint density at radius 1 is 0.338 bits per heavy atom. The highest BCUT2D eigenvalue weighted by molar-refractivity contribution is 5.18. The second kappa shape index (κ2) is 24.4. The van der Waals surface area contributed by atoms with Crippen LogP contribution in [-0.2, 0) is 82.3 Å². The van der Waals surface area contributed by atoms with E-state index in [1.54, 1.807) is 0 Å². The summed E-state index contributed by atoms with van der Waals surface area (Å²) in [7, 11) is 0. The second-order valence-corrected chi connectivity index (χ2v) is 16.2. The Hall–Kier alpha value is -5.12. The Bertz CT molecular complexity index is 2200.